The average molecular weight is 404 g/mol. The van der Waals surface area contributed by atoms with E-state index < -0.39 is 0 Å². The lowest BCUT2D eigenvalue weighted by Crippen LogP contribution is -2.23. The number of nitrogens with one attached hydrogen (secondary N) is 1. The van der Waals surface area contributed by atoms with Gasteiger partial charge in [0.1, 0.15) is 0 Å². The van der Waals surface area contributed by atoms with E-state index in [1.807, 2.05) is 11.6 Å². The zero-order chi connectivity index (χ0) is 13.8. The molecule has 1 heterocycles. The molecule has 0 radical (unpaired) electrons. The number of nitrogens with zero attached hydrogens (tertiary/aromatic N) is 1. The van der Waals surface area contributed by atoms with Crippen LogP contribution in [0.1, 0.15) is 36.4 Å². The SMILES string of the molecule is CC(CNC(C)c1ccc(Br)cc1Br)c1nccs1. The topological polar surface area (TPSA) is 24.9 Å². The lowest BCUT2D eigenvalue weighted by molar-refractivity contribution is 0.535. The van der Waals surface area contributed by atoms with Gasteiger partial charge in [0.05, 0.1) is 5.01 Å². The minimum Gasteiger partial charge on any atom is -0.309 e. The third-order valence-electron chi connectivity index (χ3n) is 3.03. The van der Waals surface area contributed by atoms with Crippen LogP contribution in [0.25, 0.3) is 0 Å². The first-order valence-electron chi connectivity index (χ1n) is 6.15. The van der Waals surface area contributed by atoms with E-state index in [0.29, 0.717) is 12.0 Å². The van der Waals surface area contributed by atoms with Crippen LogP contribution in [0.5, 0.6) is 0 Å². The van der Waals surface area contributed by atoms with Crippen molar-refractivity contribution in [3.8, 4) is 0 Å². The van der Waals surface area contributed by atoms with Crippen LogP contribution < -0.4 is 5.32 Å². The van der Waals surface area contributed by atoms with Gasteiger partial charge in [-0.05, 0) is 24.6 Å². The van der Waals surface area contributed by atoms with Crippen molar-refractivity contribution in [2.75, 3.05) is 6.54 Å². The lowest BCUT2D eigenvalue weighted by atomic mass is 10.1. The molecule has 102 valence electrons. The smallest absolute Gasteiger partial charge is 0.0965 e. The second-order valence-electron chi connectivity index (χ2n) is 4.57. The summed E-state index contributed by atoms with van der Waals surface area (Å²) in [6.07, 6.45) is 1.87. The number of halogens is 2. The molecular formula is C14H16Br2N2S. The second kappa shape index (κ2) is 6.97. The van der Waals surface area contributed by atoms with Crippen molar-refractivity contribution in [1.82, 2.24) is 10.3 Å². The Morgan fingerprint density at radius 3 is 2.74 bits per heavy atom. The van der Waals surface area contributed by atoms with Crippen LogP contribution in [0.2, 0.25) is 0 Å². The van der Waals surface area contributed by atoms with Gasteiger partial charge < -0.3 is 5.32 Å². The van der Waals surface area contributed by atoms with Crippen LogP contribution in [0.15, 0.2) is 38.7 Å². The number of thiazole rings is 1. The molecule has 1 aromatic heterocycles. The van der Waals surface area contributed by atoms with Crippen LogP contribution in [-0.4, -0.2) is 11.5 Å². The summed E-state index contributed by atoms with van der Waals surface area (Å²) in [4.78, 5) is 4.36. The number of hydrogen-bond donors (Lipinski definition) is 1. The Kier molecular flexibility index (Phi) is 5.57. The molecule has 0 aliphatic rings. The van der Waals surface area contributed by atoms with E-state index in [1.54, 1.807) is 11.3 Å². The van der Waals surface area contributed by atoms with E-state index in [0.717, 1.165) is 15.5 Å². The molecule has 2 aromatic rings. The summed E-state index contributed by atoms with van der Waals surface area (Å²) in [5, 5.41) is 6.79. The van der Waals surface area contributed by atoms with Crippen LogP contribution in [0.3, 0.4) is 0 Å². The molecule has 0 fully saturated rings. The zero-order valence-corrected chi connectivity index (χ0v) is 14.8. The fraction of sp³-hybridized carbons (Fsp3) is 0.357. The van der Waals surface area contributed by atoms with Gasteiger partial charge in [-0.15, -0.1) is 11.3 Å². The first-order chi connectivity index (χ1) is 9.08. The van der Waals surface area contributed by atoms with Crippen molar-refractivity contribution < 1.29 is 0 Å². The number of benzene rings is 1. The Morgan fingerprint density at radius 1 is 1.32 bits per heavy atom. The second-order valence-corrected chi connectivity index (χ2v) is 7.26. The van der Waals surface area contributed by atoms with E-state index in [4.69, 9.17) is 0 Å². The van der Waals surface area contributed by atoms with E-state index in [2.05, 4.69) is 74.2 Å². The first-order valence-corrected chi connectivity index (χ1v) is 8.62. The summed E-state index contributed by atoms with van der Waals surface area (Å²) >= 11 is 8.81. The van der Waals surface area contributed by atoms with Crippen LogP contribution >= 0.6 is 43.2 Å². The van der Waals surface area contributed by atoms with Gasteiger partial charge in [0.2, 0.25) is 0 Å². The highest BCUT2D eigenvalue weighted by Gasteiger charge is 2.13. The quantitative estimate of drug-likeness (QED) is 0.748. The van der Waals surface area contributed by atoms with E-state index in [1.165, 1.54) is 10.6 Å². The van der Waals surface area contributed by atoms with E-state index in [9.17, 15) is 0 Å². The standard InChI is InChI=1S/C14H16Br2N2S/c1-9(14-17-5-6-19-14)8-18-10(2)12-4-3-11(15)7-13(12)16/h3-7,9-10,18H,8H2,1-2H3. The van der Waals surface area contributed by atoms with Crippen LogP contribution in [-0.2, 0) is 0 Å². The maximum atomic E-state index is 4.36. The predicted molar refractivity (Wildman–Crippen MR) is 88.8 cm³/mol. The van der Waals surface area contributed by atoms with Gasteiger partial charge in [0.25, 0.3) is 0 Å². The fourth-order valence-electron chi connectivity index (χ4n) is 1.88. The van der Waals surface area contributed by atoms with Crippen LogP contribution in [0.4, 0.5) is 0 Å². The molecule has 5 heteroatoms. The van der Waals surface area contributed by atoms with E-state index >= 15 is 0 Å². The monoisotopic (exact) mass is 402 g/mol. The lowest BCUT2D eigenvalue weighted by Gasteiger charge is -2.18. The molecule has 0 amide bonds. The minimum absolute atomic E-state index is 0.310. The summed E-state index contributed by atoms with van der Waals surface area (Å²) in [6.45, 7) is 5.31. The molecule has 2 unspecified atom stereocenters. The molecule has 0 spiro atoms. The van der Waals surface area contributed by atoms with Gasteiger partial charge in [-0.2, -0.15) is 0 Å². The maximum Gasteiger partial charge on any atom is 0.0965 e. The Bertz CT molecular complexity index is 528. The molecule has 0 bridgehead atoms. The van der Waals surface area contributed by atoms with E-state index in [-0.39, 0.29) is 0 Å². The predicted octanol–water partition coefficient (Wildman–Crippen LogP) is 5.12. The average Bonchev–Trinajstić information content (AvgIpc) is 2.89. The maximum absolute atomic E-state index is 4.36. The molecule has 0 saturated heterocycles. The fourth-order valence-corrected chi connectivity index (χ4v) is 3.97. The number of hydrogen-bond acceptors (Lipinski definition) is 3. The summed E-state index contributed by atoms with van der Waals surface area (Å²) in [7, 11) is 0. The van der Waals surface area contributed by atoms with Gasteiger partial charge in [0, 0.05) is 39.0 Å². The molecule has 2 rings (SSSR count). The summed E-state index contributed by atoms with van der Waals surface area (Å²) in [5.74, 6) is 0.441. The molecular weight excluding hydrogens is 388 g/mol. The summed E-state index contributed by atoms with van der Waals surface area (Å²) in [6, 6.07) is 6.60. The highest BCUT2D eigenvalue weighted by atomic mass is 79.9. The number of aromatic nitrogens is 1. The normalized spacial score (nSPS) is 14.3. The van der Waals surface area contributed by atoms with Gasteiger partial charge in [-0.1, -0.05) is 44.8 Å². The zero-order valence-electron chi connectivity index (χ0n) is 10.9. The molecule has 2 nitrogen and oxygen atoms in total. The van der Waals surface area contributed by atoms with Crippen molar-refractivity contribution in [1.29, 1.82) is 0 Å². The van der Waals surface area contributed by atoms with Crippen molar-refractivity contribution in [2.45, 2.75) is 25.8 Å². The molecule has 1 aromatic carbocycles. The van der Waals surface area contributed by atoms with Crippen LogP contribution in [0, 0.1) is 0 Å². The van der Waals surface area contributed by atoms with Crippen molar-refractivity contribution >= 4 is 43.2 Å². The molecule has 0 aliphatic carbocycles. The third kappa shape index (κ3) is 4.12. The Balaban J connectivity index is 1.96. The third-order valence-corrected chi connectivity index (χ3v) is 5.22. The first kappa shape index (κ1) is 15.2. The highest BCUT2D eigenvalue weighted by molar-refractivity contribution is 9.11. The van der Waals surface area contributed by atoms with Crippen molar-refractivity contribution in [2.24, 2.45) is 0 Å². The molecule has 1 N–H and O–H groups in total. The van der Waals surface area contributed by atoms with Crippen molar-refractivity contribution in [3.05, 3.63) is 49.3 Å². The van der Waals surface area contributed by atoms with Gasteiger partial charge in [-0.25, -0.2) is 4.98 Å². The highest BCUT2D eigenvalue weighted by Crippen LogP contribution is 2.27. The largest absolute Gasteiger partial charge is 0.309 e. The molecule has 0 saturated carbocycles. The van der Waals surface area contributed by atoms with Gasteiger partial charge >= 0.3 is 0 Å². The Hall–Kier alpha value is -0.230. The number of rotatable bonds is 5. The Labute approximate surface area is 134 Å². The van der Waals surface area contributed by atoms with Gasteiger partial charge in [-0.3, -0.25) is 0 Å². The summed E-state index contributed by atoms with van der Waals surface area (Å²) in [5.41, 5.74) is 1.27. The van der Waals surface area contributed by atoms with Crippen molar-refractivity contribution in [3.63, 3.8) is 0 Å². The molecule has 2 atom stereocenters. The molecule has 0 aliphatic heterocycles. The Morgan fingerprint density at radius 2 is 2.11 bits per heavy atom. The molecule has 19 heavy (non-hydrogen) atoms. The summed E-state index contributed by atoms with van der Waals surface area (Å²) < 4.78 is 2.22. The van der Waals surface area contributed by atoms with Gasteiger partial charge in [0.15, 0.2) is 0 Å². The minimum atomic E-state index is 0.310.